The molecule has 1 aromatic rings. The Bertz CT molecular complexity index is 511. The van der Waals surface area contributed by atoms with Crippen molar-refractivity contribution in [3.8, 4) is 5.75 Å². The van der Waals surface area contributed by atoms with Crippen molar-refractivity contribution >= 4 is 11.8 Å². The zero-order valence-electron chi connectivity index (χ0n) is 11.2. The van der Waals surface area contributed by atoms with Crippen LogP contribution in [-0.2, 0) is 11.2 Å². The van der Waals surface area contributed by atoms with Crippen molar-refractivity contribution in [2.75, 3.05) is 31.6 Å². The Labute approximate surface area is 113 Å². The van der Waals surface area contributed by atoms with Crippen LogP contribution in [0.1, 0.15) is 16.7 Å². The van der Waals surface area contributed by atoms with E-state index in [1.165, 1.54) is 22.4 Å². The summed E-state index contributed by atoms with van der Waals surface area (Å²) in [7, 11) is 0. The second kappa shape index (κ2) is 5.23. The molecule has 0 aliphatic carbocycles. The lowest BCUT2D eigenvalue weighted by molar-refractivity contribution is 0.0647. The second-order valence-corrected chi connectivity index (χ2v) is 5.06. The molecular formula is C15H20N2O2. The summed E-state index contributed by atoms with van der Waals surface area (Å²) in [5.74, 6) is 1.02. The molecule has 0 aromatic heterocycles. The molecule has 1 atom stereocenters. The smallest absolute Gasteiger partial charge is 0.132 e. The zero-order chi connectivity index (χ0) is 13.2. The van der Waals surface area contributed by atoms with Gasteiger partial charge in [0.05, 0.1) is 13.2 Å². The van der Waals surface area contributed by atoms with Crippen LogP contribution in [0.15, 0.2) is 12.1 Å². The lowest BCUT2D eigenvalue weighted by Gasteiger charge is -2.19. The summed E-state index contributed by atoms with van der Waals surface area (Å²) in [6, 6.07) is 2.23. The normalized spacial score (nSPS) is 19.6. The van der Waals surface area contributed by atoms with Gasteiger partial charge in [0.2, 0.25) is 0 Å². The van der Waals surface area contributed by atoms with E-state index in [-0.39, 0.29) is 6.10 Å². The molecule has 102 valence electrons. The van der Waals surface area contributed by atoms with Gasteiger partial charge in [0.1, 0.15) is 11.9 Å². The Morgan fingerprint density at radius 1 is 1.53 bits per heavy atom. The average Bonchev–Trinajstić information content (AvgIpc) is 2.82. The molecule has 4 heteroatoms. The first kappa shape index (κ1) is 12.5. The number of benzene rings is 1. The Kier molecular flexibility index (Phi) is 3.44. The summed E-state index contributed by atoms with van der Waals surface area (Å²) in [4.78, 5) is 0. The third-order valence-corrected chi connectivity index (χ3v) is 3.57. The number of hydrogen-bond acceptors (Lipinski definition) is 4. The van der Waals surface area contributed by atoms with Crippen LogP contribution in [0, 0.1) is 6.92 Å². The van der Waals surface area contributed by atoms with Crippen LogP contribution < -0.4 is 15.8 Å². The van der Waals surface area contributed by atoms with Crippen LogP contribution in [-0.4, -0.2) is 32.4 Å². The SMILES string of the molecule is Cc1cc2c(c3c1NCC=C3)OC(COCCN)C2. The molecule has 1 unspecified atom stereocenters. The summed E-state index contributed by atoms with van der Waals surface area (Å²) in [6.07, 6.45) is 5.31. The van der Waals surface area contributed by atoms with E-state index < -0.39 is 0 Å². The Morgan fingerprint density at radius 2 is 2.42 bits per heavy atom. The average molecular weight is 260 g/mol. The van der Waals surface area contributed by atoms with E-state index in [1.54, 1.807) is 0 Å². The van der Waals surface area contributed by atoms with Crippen LogP contribution in [0.3, 0.4) is 0 Å². The molecule has 3 N–H and O–H groups in total. The highest BCUT2D eigenvalue weighted by Crippen LogP contribution is 2.41. The molecule has 2 aliphatic rings. The van der Waals surface area contributed by atoms with Gasteiger partial charge >= 0.3 is 0 Å². The largest absolute Gasteiger partial charge is 0.487 e. The molecule has 0 radical (unpaired) electrons. The number of aryl methyl sites for hydroxylation is 1. The van der Waals surface area contributed by atoms with Crippen molar-refractivity contribution in [2.24, 2.45) is 5.73 Å². The summed E-state index contributed by atoms with van der Waals surface area (Å²) < 4.78 is 11.5. The lowest BCUT2D eigenvalue weighted by atomic mass is 9.98. The first-order valence-electron chi connectivity index (χ1n) is 6.81. The number of rotatable bonds is 4. The van der Waals surface area contributed by atoms with E-state index in [0.29, 0.717) is 19.8 Å². The van der Waals surface area contributed by atoms with Gasteiger partial charge < -0.3 is 20.5 Å². The molecule has 0 fully saturated rings. The van der Waals surface area contributed by atoms with Gasteiger partial charge in [-0.15, -0.1) is 0 Å². The molecule has 0 saturated heterocycles. The van der Waals surface area contributed by atoms with Gasteiger partial charge in [-0.25, -0.2) is 0 Å². The Balaban J connectivity index is 1.82. The molecule has 2 aliphatic heterocycles. The van der Waals surface area contributed by atoms with Crippen molar-refractivity contribution in [3.05, 3.63) is 28.8 Å². The molecule has 4 nitrogen and oxygen atoms in total. The molecule has 1 aromatic carbocycles. The predicted octanol–water partition coefficient (Wildman–Crippen LogP) is 1.71. The number of nitrogens with one attached hydrogen (secondary N) is 1. The first-order chi connectivity index (χ1) is 9.29. The second-order valence-electron chi connectivity index (χ2n) is 5.06. The monoisotopic (exact) mass is 260 g/mol. The standard InChI is InChI=1S/C15H20N2O2/c1-10-7-11-8-12(9-18-6-4-16)19-15(11)13-3-2-5-17-14(10)13/h2-3,7,12,17H,4-6,8-9,16H2,1H3. The number of fused-ring (bicyclic) bond motifs is 3. The quantitative estimate of drug-likeness (QED) is 0.809. The summed E-state index contributed by atoms with van der Waals surface area (Å²) >= 11 is 0. The molecule has 0 spiro atoms. The van der Waals surface area contributed by atoms with Crippen LogP contribution in [0.4, 0.5) is 5.69 Å². The summed E-state index contributed by atoms with van der Waals surface area (Å²) in [6.45, 7) is 4.78. The van der Waals surface area contributed by atoms with Gasteiger partial charge in [-0.1, -0.05) is 18.2 Å². The number of anilines is 1. The highest BCUT2D eigenvalue weighted by atomic mass is 16.5. The van der Waals surface area contributed by atoms with Crippen molar-refractivity contribution in [3.63, 3.8) is 0 Å². The Morgan fingerprint density at radius 3 is 3.26 bits per heavy atom. The predicted molar refractivity (Wildman–Crippen MR) is 76.7 cm³/mol. The molecular weight excluding hydrogens is 240 g/mol. The van der Waals surface area contributed by atoms with Gasteiger partial charge in [0.15, 0.2) is 0 Å². The number of ether oxygens (including phenoxy) is 2. The fourth-order valence-electron chi connectivity index (χ4n) is 2.76. The van der Waals surface area contributed by atoms with Crippen molar-refractivity contribution < 1.29 is 9.47 Å². The van der Waals surface area contributed by atoms with Crippen molar-refractivity contribution in [2.45, 2.75) is 19.4 Å². The highest BCUT2D eigenvalue weighted by molar-refractivity contribution is 5.79. The van der Waals surface area contributed by atoms with E-state index in [0.717, 1.165) is 18.7 Å². The third-order valence-electron chi connectivity index (χ3n) is 3.57. The van der Waals surface area contributed by atoms with E-state index in [2.05, 4.69) is 30.5 Å². The Hall–Kier alpha value is -1.52. The van der Waals surface area contributed by atoms with Gasteiger partial charge in [-0.2, -0.15) is 0 Å². The van der Waals surface area contributed by atoms with E-state index in [1.807, 2.05) is 0 Å². The van der Waals surface area contributed by atoms with Crippen LogP contribution in [0.2, 0.25) is 0 Å². The highest BCUT2D eigenvalue weighted by Gasteiger charge is 2.28. The first-order valence-corrected chi connectivity index (χ1v) is 6.81. The minimum atomic E-state index is 0.114. The number of nitrogens with two attached hydrogens (primary N) is 1. The van der Waals surface area contributed by atoms with Gasteiger partial charge in [-0.3, -0.25) is 0 Å². The number of hydrogen-bond donors (Lipinski definition) is 2. The van der Waals surface area contributed by atoms with Crippen molar-refractivity contribution in [1.29, 1.82) is 0 Å². The molecule has 2 heterocycles. The van der Waals surface area contributed by atoms with Gasteiger partial charge in [0.25, 0.3) is 0 Å². The van der Waals surface area contributed by atoms with Gasteiger partial charge in [-0.05, 0) is 18.1 Å². The maximum atomic E-state index is 6.05. The lowest BCUT2D eigenvalue weighted by Crippen LogP contribution is -2.22. The molecule has 0 amide bonds. The van der Waals surface area contributed by atoms with E-state index in [9.17, 15) is 0 Å². The molecule has 19 heavy (non-hydrogen) atoms. The zero-order valence-corrected chi connectivity index (χ0v) is 11.2. The molecule has 0 saturated carbocycles. The maximum absolute atomic E-state index is 6.05. The van der Waals surface area contributed by atoms with Crippen molar-refractivity contribution in [1.82, 2.24) is 0 Å². The summed E-state index contributed by atoms with van der Waals surface area (Å²) in [5, 5.41) is 3.41. The molecule has 0 bridgehead atoms. The minimum Gasteiger partial charge on any atom is -0.487 e. The molecule has 3 rings (SSSR count). The fraction of sp³-hybridized carbons (Fsp3) is 0.467. The van der Waals surface area contributed by atoms with Crippen LogP contribution in [0.25, 0.3) is 6.08 Å². The third kappa shape index (κ3) is 2.33. The summed E-state index contributed by atoms with van der Waals surface area (Å²) in [5.41, 5.74) is 10.4. The topological polar surface area (TPSA) is 56.5 Å². The van der Waals surface area contributed by atoms with Crippen LogP contribution >= 0.6 is 0 Å². The minimum absolute atomic E-state index is 0.114. The maximum Gasteiger partial charge on any atom is 0.132 e. The fourth-order valence-corrected chi connectivity index (χ4v) is 2.76. The van der Waals surface area contributed by atoms with E-state index >= 15 is 0 Å². The van der Waals surface area contributed by atoms with Gasteiger partial charge in [0, 0.05) is 30.8 Å². The van der Waals surface area contributed by atoms with Crippen LogP contribution in [0.5, 0.6) is 5.75 Å². The van der Waals surface area contributed by atoms with E-state index in [4.69, 9.17) is 15.2 Å².